The summed E-state index contributed by atoms with van der Waals surface area (Å²) in [5.74, 6) is -0.787. The van der Waals surface area contributed by atoms with Gasteiger partial charge in [0.2, 0.25) is 23.7 Å². The fourth-order valence-corrected chi connectivity index (χ4v) is 8.00. The topological polar surface area (TPSA) is 218 Å². The fourth-order valence-electron chi connectivity index (χ4n) is 8.00. The molecule has 2 saturated heterocycles. The van der Waals surface area contributed by atoms with E-state index in [2.05, 4.69) is 70.5 Å². The number of rotatable bonds is 21. The summed E-state index contributed by atoms with van der Waals surface area (Å²) in [4.78, 5) is 73.0. The number of fused-ring (bicyclic) bond motifs is 2. The van der Waals surface area contributed by atoms with Gasteiger partial charge < -0.3 is 34.7 Å². The van der Waals surface area contributed by atoms with E-state index in [0.29, 0.717) is 51.1 Å². The predicted octanol–water partition coefficient (Wildman–Crippen LogP) is 2.95. The Labute approximate surface area is 363 Å². The molecule has 8 rings (SSSR count). The average Bonchev–Trinajstić information content (AvgIpc) is 4.07. The van der Waals surface area contributed by atoms with Gasteiger partial charge in [-0.2, -0.15) is 0 Å². The molecule has 19 nitrogen and oxygen atoms in total. The van der Waals surface area contributed by atoms with Crippen molar-refractivity contribution in [1.82, 2.24) is 40.0 Å². The lowest BCUT2D eigenvalue weighted by atomic mass is 10.0. The van der Waals surface area contributed by atoms with Crippen molar-refractivity contribution >= 4 is 52.5 Å². The number of piperidine rings is 1. The zero-order chi connectivity index (χ0) is 43.5. The standard InChI is InChI=1S/C44H51N11O8/c56-37(14-23-61-25-26-62-24-16-45-35-7-3-6-33-39(35)43(60)55(42(33)59)36-12-13-38(57)50-41(36)58)46-15-1-2-17-52-18-20-53(21-19-52)31-10-8-30(9-11-31)34-28-48-44(54-29-49-51-40(34)54)47-27-32-5-4-22-63-32/h3-11,22,28-29,36,45H,1-2,12-21,23-27H2,(H,46,56)(H,47,48)(H,50,57,58). The number of hydrogen-bond donors (Lipinski definition) is 4. The van der Waals surface area contributed by atoms with Crippen molar-refractivity contribution in [3.63, 3.8) is 0 Å². The van der Waals surface area contributed by atoms with E-state index in [1.165, 1.54) is 5.69 Å². The van der Waals surface area contributed by atoms with E-state index in [1.54, 1.807) is 30.8 Å². The highest BCUT2D eigenvalue weighted by Crippen LogP contribution is 2.32. The number of benzene rings is 2. The number of aromatic nitrogens is 4. The van der Waals surface area contributed by atoms with Crippen molar-refractivity contribution in [3.8, 4) is 11.1 Å². The Kier molecular flexibility index (Phi) is 13.9. The van der Waals surface area contributed by atoms with Crippen molar-refractivity contribution in [1.29, 1.82) is 0 Å². The summed E-state index contributed by atoms with van der Waals surface area (Å²) in [5.41, 5.74) is 4.71. The van der Waals surface area contributed by atoms with Crippen LogP contribution < -0.4 is 26.2 Å². The van der Waals surface area contributed by atoms with Gasteiger partial charge in [-0.15, -0.1) is 10.2 Å². The summed E-state index contributed by atoms with van der Waals surface area (Å²) in [6.45, 7) is 7.58. The van der Waals surface area contributed by atoms with Crippen LogP contribution >= 0.6 is 0 Å². The van der Waals surface area contributed by atoms with E-state index in [9.17, 15) is 24.0 Å². The van der Waals surface area contributed by atoms with Crippen LogP contribution in [-0.2, 0) is 30.4 Å². The van der Waals surface area contributed by atoms with Gasteiger partial charge in [-0.25, -0.2) is 4.98 Å². The van der Waals surface area contributed by atoms with Crippen molar-refractivity contribution in [2.75, 3.05) is 87.8 Å². The number of amides is 5. The van der Waals surface area contributed by atoms with E-state index >= 15 is 0 Å². The molecule has 3 aliphatic heterocycles. The number of nitrogens with one attached hydrogen (secondary N) is 4. The van der Waals surface area contributed by atoms with Crippen LogP contribution in [0.3, 0.4) is 0 Å². The molecular weight excluding hydrogens is 811 g/mol. The molecular formula is C44H51N11O8. The Hall–Kier alpha value is -6.70. The second-order valence-electron chi connectivity index (χ2n) is 15.5. The molecule has 3 aliphatic rings. The SMILES string of the molecule is O=C(CCOCCOCCNc1cccc2c1C(=O)N(C1CCC(=O)NC1=O)C2=O)NCCCCN1CCN(c2ccc(-c3cnc(NCc4ccco4)n4cnnc34)cc2)CC1. The van der Waals surface area contributed by atoms with Gasteiger partial charge in [-0.1, -0.05) is 18.2 Å². The minimum atomic E-state index is -1.02. The molecule has 4 N–H and O–H groups in total. The van der Waals surface area contributed by atoms with Gasteiger partial charge in [-0.3, -0.25) is 43.5 Å². The third kappa shape index (κ3) is 10.3. The Morgan fingerprint density at radius 3 is 2.48 bits per heavy atom. The van der Waals surface area contributed by atoms with Crippen LogP contribution in [0.2, 0.25) is 0 Å². The van der Waals surface area contributed by atoms with Crippen LogP contribution in [0.4, 0.5) is 17.3 Å². The van der Waals surface area contributed by atoms with Gasteiger partial charge in [0.05, 0.1) is 50.4 Å². The lowest BCUT2D eigenvalue weighted by Gasteiger charge is -2.36. The molecule has 0 saturated carbocycles. The number of hydrogen-bond acceptors (Lipinski definition) is 15. The maximum Gasteiger partial charge on any atom is 0.264 e. The molecule has 5 aromatic rings. The second kappa shape index (κ2) is 20.4. The van der Waals surface area contributed by atoms with Gasteiger partial charge in [0.1, 0.15) is 18.1 Å². The highest BCUT2D eigenvalue weighted by Gasteiger charge is 2.45. The summed E-state index contributed by atoms with van der Waals surface area (Å²) in [5, 5.41) is 20.1. The molecule has 0 aliphatic carbocycles. The molecule has 1 atom stereocenters. The monoisotopic (exact) mass is 861 g/mol. The highest BCUT2D eigenvalue weighted by molar-refractivity contribution is 6.25. The van der Waals surface area contributed by atoms with Crippen molar-refractivity contribution in [2.45, 2.75) is 44.7 Å². The van der Waals surface area contributed by atoms with Crippen LogP contribution in [0.25, 0.3) is 16.8 Å². The van der Waals surface area contributed by atoms with E-state index in [-0.39, 0.29) is 42.9 Å². The molecule has 5 amide bonds. The number of nitrogens with zero attached hydrogens (tertiary/aromatic N) is 7. The van der Waals surface area contributed by atoms with Gasteiger partial charge in [-0.05, 0) is 67.8 Å². The summed E-state index contributed by atoms with van der Waals surface area (Å²) in [6.07, 6.45) is 7.45. The summed E-state index contributed by atoms with van der Waals surface area (Å²) >= 11 is 0. The second-order valence-corrected chi connectivity index (χ2v) is 15.5. The molecule has 63 heavy (non-hydrogen) atoms. The highest BCUT2D eigenvalue weighted by atomic mass is 16.5. The quantitative estimate of drug-likeness (QED) is 0.0616. The van der Waals surface area contributed by atoms with Crippen LogP contribution in [0.5, 0.6) is 0 Å². The molecule has 19 heteroatoms. The number of furan rings is 1. The number of unbranched alkanes of at least 4 members (excludes halogenated alkanes) is 1. The van der Waals surface area contributed by atoms with Crippen LogP contribution in [0, 0.1) is 0 Å². The molecule has 0 bridgehead atoms. The molecule has 0 radical (unpaired) electrons. The van der Waals surface area contributed by atoms with Crippen LogP contribution in [-0.4, -0.2) is 137 Å². The fraction of sp³-hybridized carbons (Fsp3) is 0.409. The lowest BCUT2D eigenvalue weighted by Crippen LogP contribution is -2.54. The molecule has 0 spiro atoms. The first-order valence-corrected chi connectivity index (χ1v) is 21.4. The van der Waals surface area contributed by atoms with Gasteiger partial charge >= 0.3 is 0 Å². The number of ether oxygens (including phenoxy) is 2. The molecule has 6 heterocycles. The predicted molar refractivity (Wildman–Crippen MR) is 231 cm³/mol. The first kappa shape index (κ1) is 43.0. The molecule has 2 aromatic carbocycles. The van der Waals surface area contributed by atoms with E-state index in [0.717, 1.165) is 73.0 Å². The average molecular weight is 862 g/mol. The first-order chi connectivity index (χ1) is 30.8. The van der Waals surface area contributed by atoms with E-state index in [4.69, 9.17) is 13.9 Å². The smallest absolute Gasteiger partial charge is 0.264 e. The third-order valence-electron chi connectivity index (χ3n) is 11.3. The first-order valence-electron chi connectivity index (χ1n) is 21.4. The molecule has 1 unspecified atom stereocenters. The Morgan fingerprint density at radius 1 is 0.857 bits per heavy atom. The van der Waals surface area contributed by atoms with Gasteiger partial charge in [0, 0.05) is 75.2 Å². The number of carbonyl (C=O) groups is 5. The van der Waals surface area contributed by atoms with Gasteiger partial charge in [0.15, 0.2) is 5.65 Å². The van der Waals surface area contributed by atoms with Crippen molar-refractivity contribution in [3.05, 3.63) is 90.3 Å². The number of anilines is 3. The largest absolute Gasteiger partial charge is 0.467 e. The van der Waals surface area contributed by atoms with Crippen molar-refractivity contribution in [2.24, 2.45) is 0 Å². The Balaban J connectivity index is 0.649. The number of carbonyl (C=O) groups excluding carboxylic acids is 5. The molecule has 2 fully saturated rings. The summed E-state index contributed by atoms with van der Waals surface area (Å²) in [7, 11) is 0. The minimum Gasteiger partial charge on any atom is -0.467 e. The molecule has 3 aromatic heterocycles. The van der Waals surface area contributed by atoms with Gasteiger partial charge in [0.25, 0.3) is 11.8 Å². The molecule has 330 valence electrons. The number of imide groups is 2. The van der Waals surface area contributed by atoms with Crippen LogP contribution in [0.15, 0.2) is 77.8 Å². The van der Waals surface area contributed by atoms with E-state index < -0.39 is 29.7 Å². The maximum absolute atomic E-state index is 13.2. The zero-order valence-corrected chi connectivity index (χ0v) is 34.9. The zero-order valence-electron chi connectivity index (χ0n) is 34.9. The van der Waals surface area contributed by atoms with Crippen LogP contribution in [0.1, 0.15) is 58.6 Å². The number of piperazine rings is 1. The van der Waals surface area contributed by atoms with Crippen molar-refractivity contribution < 1.29 is 37.9 Å². The maximum atomic E-state index is 13.2. The minimum absolute atomic E-state index is 0.0448. The van der Waals surface area contributed by atoms with E-state index in [1.807, 2.05) is 22.7 Å². The Bertz CT molecular complexity index is 2400. The summed E-state index contributed by atoms with van der Waals surface area (Å²) in [6, 6.07) is 16.2. The lowest BCUT2D eigenvalue weighted by molar-refractivity contribution is -0.136. The third-order valence-corrected chi connectivity index (χ3v) is 11.3. The Morgan fingerprint density at radius 2 is 1.68 bits per heavy atom. The normalized spacial score (nSPS) is 16.7. The summed E-state index contributed by atoms with van der Waals surface area (Å²) < 4.78 is 18.5.